The number of nitrogens with zero attached hydrogens (tertiary/aromatic N) is 2. The third-order valence-electron chi connectivity index (χ3n) is 3.90. The number of carbonyl (C=O) groups is 3. The summed E-state index contributed by atoms with van der Waals surface area (Å²) in [7, 11) is 2.39. The van der Waals surface area contributed by atoms with Crippen molar-refractivity contribution in [1.82, 2.24) is 14.7 Å². The molecule has 2 aromatic heterocycles. The minimum atomic E-state index is -1.14. The fourth-order valence-corrected chi connectivity index (χ4v) is 3.37. The fourth-order valence-electron chi connectivity index (χ4n) is 2.51. The van der Waals surface area contributed by atoms with E-state index in [1.807, 2.05) is 30.3 Å². The highest BCUT2D eigenvalue weighted by molar-refractivity contribution is 7.15. The van der Waals surface area contributed by atoms with Crippen molar-refractivity contribution < 1.29 is 23.9 Å². The first-order chi connectivity index (χ1) is 13.0. The highest BCUT2D eigenvalue weighted by Gasteiger charge is 2.27. The zero-order valence-corrected chi connectivity index (χ0v) is 15.5. The second-order valence-corrected chi connectivity index (χ2v) is 6.43. The van der Waals surface area contributed by atoms with Gasteiger partial charge in [-0.2, -0.15) is 0 Å². The van der Waals surface area contributed by atoms with Gasteiger partial charge in [0, 0.05) is 17.1 Å². The largest absolute Gasteiger partial charge is 0.469 e. The Kier molecular flexibility index (Phi) is 5.51. The van der Waals surface area contributed by atoms with Crippen LogP contribution in [0.1, 0.15) is 16.9 Å². The lowest BCUT2D eigenvalue weighted by molar-refractivity contribution is -0.149. The van der Waals surface area contributed by atoms with Crippen molar-refractivity contribution in [3.05, 3.63) is 47.6 Å². The van der Waals surface area contributed by atoms with Gasteiger partial charge < -0.3 is 14.8 Å². The van der Waals surface area contributed by atoms with Gasteiger partial charge in [0.1, 0.15) is 11.7 Å². The maximum Gasteiger partial charge on any atom is 0.328 e. The number of esters is 2. The number of carbonyl (C=O) groups excluding carboxylic acids is 3. The molecule has 140 valence electrons. The van der Waals surface area contributed by atoms with E-state index in [0.29, 0.717) is 10.7 Å². The second kappa shape index (κ2) is 8.00. The van der Waals surface area contributed by atoms with Gasteiger partial charge in [-0.05, 0) is 0 Å². The molecule has 1 amide bonds. The molecule has 9 heteroatoms. The Morgan fingerprint density at radius 1 is 1.19 bits per heavy atom. The van der Waals surface area contributed by atoms with E-state index in [2.05, 4.69) is 19.8 Å². The SMILES string of the molecule is COC(=O)C[C@@H](NC(=O)c1csc2nc(-c3ccccc3)cn12)C(=O)OC. The molecule has 2 heterocycles. The Morgan fingerprint density at radius 3 is 2.59 bits per heavy atom. The van der Waals surface area contributed by atoms with Gasteiger partial charge in [-0.15, -0.1) is 11.3 Å². The van der Waals surface area contributed by atoms with Crippen LogP contribution >= 0.6 is 11.3 Å². The quantitative estimate of drug-likeness (QED) is 0.649. The van der Waals surface area contributed by atoms with Crippen LogP contribution in [-0.4, -0.2) is 47.5 Å². The fraction of sp³-hybridized carbons (Fsp3) is 0.222. The number of aromatic nitrogens is 2. The molecule has 0 aliphatic rings. The Hall–Kier alpha value is -3.20. The van der Waals surface area contributed by atoms with Crippen molar-refractivity contribution in [2.24, 2.45) is 0 Å². The number of imidazole rings is 1. The van der Waals surface area contributed by atoms with Gasteiger partial charge in [0.25, 0.3) is 5.91 Å². The van der Waals surface area contributed by atoms with Crippen LogP contribution in [0.2, 0.25) is 0 Å². The van der Waals surface area contributed by atoms with E-state index in [0.717, 1.165) is 11.3 Å². The number of rotatable bonds is 6. The van der Waals surface area contributed by atoms with Crippen molar-refractivity contribution in [2.75, 3.05) is 14.2 Å². The molecule has 1 aromatic carbocycles. The number of ether oxygens (including phenoxy) is 2. The van der Waals surface area contributed by atoms with Crippen LogP contribution in [0, 0.1) is 0 Å². The van der Waals surface area contributed by atoms with Crippen LogP contribution in [0.5, 0.6) is 0 Å². The number of nitrogens with one attached hydrogen (secondary N) is 1. The summed E-state index contributed by atoms with van der Waals surface area (Å²) in [5.74, 6) is -1.87. The number of amides is 1. The van der Waals surface area contributed by atoms with Crippen LogP contribution in [0.4, 0.5) is 0 Å². The van der Waals surface area contributed by atoms with Crippen LogP contribution < -0.4 is 5.32 Å². The number of fused-ring (bicyclic) bond motifs is 1. The standard InChI is InChI=1S/C18H17N3O5S/c1-25-15(22)8-12(17(24)26-2)19-16(23)14-10-27-18-20-13(9-21(14)18)11-6-4-3-5-7-11/h3-7,9-10,12H,8H2,1-2H3,(H,19,23)/t12-/m1/s1. The van der Waals surface area contributed by atoms with Crippen molar-refractivity contribution in [3.63, 3.8) is 0 Å². The molecule has 3 aromatic rings. The van der Waals surface area contributed by atoms with Gasteiger partial charge in [-0.3, -0.25) is 14.0 Å². The third kappa shape index (κ3) is 3.98. The molecule has 0 spiro atoms. The summed E-state index contributed by atoms with van der Waals surface area (Å²) >= 11 is 1.30. The van der Waals surface area contributed by atoms with E-state index in [1.54, 1.807) is 16.0 Å². The summed E-state index contributed by atoms with van der Waals surface area (Å²) in [4.78, 5) is 41.2. The Balaban J connectivity index is 1.85. The predicted molar refractivity (Wildman–Crippen MR) is 98.4 cm³/mol. The first-order valence-corrected chi connectivity index (χ1v) is 8.89. The zero-order chi connectivity index (χ0) is 19.4. The maximum atomic E-state index is 12.7. The number of benzene rings is 1. The van der Waals surface area contributed by atoms with Crippen molar-refractivity contribution in [3.8, 4) is 11.3 Å². The van der Waals surface area contributed by atoms with Crippen molar-refractivity contribution in [1.29, 1.82) is 0 Å². The van der Waals surface area contributed by atoms with Gasteiger partial charge in [-0.1, -0.05) is 30.3 Å². The molecule has 27 heavy (non-hydrogen) atoms. The van der Waals surface area contributed by atoms with Crippen LogP contribution in [0.3, 0.4) is 0 Å². The summed E-state index contributed by atoms with van der Waals surface area (Å²) in [5.41, 5.74) is 1.97. The van der Waals surface area contributed by atoms with Crippen molar-refractivity contribution in [2.45, 2.75) is 12.5 Å². The number of thiazole rings is 1. The molecule has 1 atom stereocenters. The van der Waals surface area contributed by atoms with E-state index in [-0.39, 0.29) is 6.42 Å². The minimum absolute atomic E-state index is 0.309. The molecule has 8 nitrogen and oxygen atoms in total. The van der Waals surface area contributed by atoms with Crippen LogP contribution in [0.15, 0.2) is 41.9 Å². The summed E-state index contributed by atoms with van der Waals surface area (Å²) in [5, 5.41) is 4.16. The first-order valence-electron chi connectivity index (χ1n) is 8.01. The molecule has 0 fully saturated rings. The normalized spacial score (nSPS) is 11.8. The Bertz CT molecular complexity index is 979. The van der Waals surface area contributed by atoms with Crippen LogP contribution in [-0.2, 0) is 19.1 Å². The molecule has 0 radical (unpaired) electrons. The Morgan fingerprint density at radius 2 is 1.93 bits per heavy atom. The zero-order valence-electron chi connectivity index (χ0n) is 14.7. The topological polar surface area (TPSA) is 99.0 Å². The molecule has 0 aliphatic heterocycles. The van der Waals surface area contributed by atoms with Gasteiger partial charge in [0.15, 0.2) is 4.96 Å². The summed E-state index contributed by atoms with van der Waals surface area (Å²) in [6.45, 7) is 0. The number of hydrogen-bond acceptors (Lipinski definition) is 7. The molecule has 0 unspecified atom stereocenters. The van der Waals surface area contributed by atoms with E-state index < -0.39 is 23.9 Å². The van der Waals surface area contributed by atoms with E-state index in [4.69, 9.17) is 0 Å². The van der Waals surface area contributed by atoms with Gasteiger partial charge in [-0.25, -0.2) is 9.78 Å². The summed E-state index contributed by atoms with van der Waals surface area (Å²) in [6.07, 6.45) is 1.44. The molecule has 1 N–H and O–H groups in total. The van der Waals surface area contributed by atoms with Gasteiger partial charge >= 0.3 is 11.9 Å². The van der Waals surface area contributed by atoms with E-state index in [1.165, 1.54) is 25.6 Å². The highest BCUT2D eigenvalue weighted by atomic mass is 32.1. The molecule has 0 saturated heterocycles. The molecular weight excluding hydrogens is 370 g/mol. The average Bonchev–Trinajstić information content (AvgIpc) is 3.28. The lowest BCUT2D eigenvalue weighted by Gasteiger charge is -2.15. The van der Waals surface area contributed by atoms with Crippen LogP contribution in [0.25, 0.3) is 16.2 Å². The van der Waals surface area contributed by atoms with E-state index >= 15 is 0 Å². The van der Waals surface area contributed by atoms with Crippen molar-refractivity contribution >= 4 is 34.1 Å². The lowest BCUT2D eigenvalue weighted by atomic mass is 10.2. The smallest absolute Gasteiger partial charge is 0.328 e. The molecular formula is C18H17N3O5S. The maximum absolute atomic E-state index is 12.7. The highest BCUT2D eigenvalue weighted by Crippen LogP contribution is 2.23. The number of hydrogen-bond donors (Lipinski definition) is 1. The average molecular weight is 387 g/mol. The molecule has 3 rings (SSSR count). The molecule has 0 bridgehead atoms. The Labute approximate surface area is 158 Å². The first kappa shape index (κ1) is 18.6. The monoisotopic (exact) mass is 387 g/mol. The third-order valence-corrected chi connectivity index (χ3v) is 4.74. The second-order valence-electron chi connectivity index (χ2n) is 5.60. The number of methoxy groups -OCH3 is 2. The minimum Gasteiger partial charge on any atom is -0.469 e. The molecule has 0 aliphatic carbocycles. The lowest BCUT2D eigenvalue weighted by Crippen LogP contribution is -2.43. The summed E-state index contributed by atoms with van der Waals surface area (Å²) < 4.78 is 10.9. The van der Waals surface area contributed by atoms with Gasteiger partial charge in [0.2, 0.25) is 0 Å². The predicted octanol–water partition coefficient (Wildman–Crippen LogP) is 1.90. The summed E-state index contributed by atoms with van der Waals surface area (Å²) in [6, 6.07) is 8.44. The van der Waals surface area contributed by atoms with Gasteiger partial charge in [0.05, 0.1) is 26.3 Å². The van der Waals surface area contributed by atoms with E-state index in [9.17, 15) is 14.4 Å². The molecule has 0 saturated carbocycles.